The van der Waals surface area contributed by atoms with Crippen molar-refractivity contribution in [3.8, 4) is 17.2 Å². The summed E-state index contributed by atoms with van der Waals surface area (Å²) >= 11 is 10.3. The highest BCUT2D eigenvalue weighted by molar-refractivity contribution is 9.10. The van der Waals surface area contributed by atoms with Crippen molar-refractivity contribution in [2.75, 3.05) is 19.1 Å². The summed E-state index contributed by atoms with van der Waals surface area (Å²) in [5.41, 5.74) is 2.47. The standard InChI is InChI=1S/C24H19BrN2O4S2/c1-29-18-5-3-17(4-6-18)27-23(28)21(33-24(27)32)13-16-11-19(25)22(20(12-16)30-2)31-14-15-7-9-26-10-8-15/h3-13H,14H2,1-2H3/b21-13+. The Hall–Kier alpha value is -2.88. The number of methoxy groups -OCH3 is 2. The Morgan fingerprint density at radius 3 is 2.48 bits per heavy atom. The normalized spacial score (nSPS) is 14.6. The zero-order valence-corrected chi connectivity index (χ0v) is 21.0. The van der Waals surface area contributed by atoms with Crippen LogP contribution in [0.3, 0.4) is 0 Å². The Labute approximate surface area is 209 Å². The average molecular weight is 543 g/mol. The zero-order chi connectivity index (χ0) is 23.4. The van der Waals surface area contributed by atoms with Crippen LogP contribution in [0, 0.1) is 0 Å². The Morgan fingerprint density at radius 2 is 1.82 bits per heavy atom. The zero-order valence-electron chi connectivity index (χ0n) is 17.8. The van der Waals surface area contributed by atoms with Crippen molar-refractivity contribution >= 4 is 61.9 Å². The van der Waals surface area contributed by atoms with Gasteiger partial charge in [-0.1, -0.05) is 24.0 Å². The SMILES string of the molecule is COc1ccc(N2C(=O)/C(=C\c3cc(Br)c(OCc4ccncc4)c(OC)c3)SC2=S)cc1. The quantitative estimate of drug-likeness (QED) is 0.274. The maximum absolute atomic E-state index is 13.1. The molecular weight excluding hydrogens is 524 g/mol. The summed E-state index contributed by atoms with van der Waals surface area (Å²) in [7, 11) is 3.17. The Balaban J connectivity index is 1.57. The van der Waals surface area contributed by atoms with Crippen LogP contribution in [0.1, 0.15) is 11.1 Å². The summed E-state index contributed by atoms with van der Waals surface area (Å²) in [6.45, 7) is 0.372. The molecule has 0 aliphatic carbocycles. The van der Waals surface area contributed by atoms with Gasteiger partial charge in [-0.15, -0.1) is 0 Å². The fraction of sp³-hybridized carbons (Fsp3) is 0.125. The lowest BCUT2D eigenvalue weighted by Crippen LogP contribution is -2.27. The van der Waals surface area contributed by atoms with E-state index in [0.29, 0.717) is 43.2 Å². The second-order valence-corrected chi connectivity index (χ2v) is 9.42. The molecule has 3 aromatic rings. The van der Waals surface area contributed by atoms with Gasteiger partial charge >= 0.3 is 0 Å². The van der Waals surface area contributed by atoms with Gasteiger partial charge in [0.05, 0.1) is 29.3 Å². The number of pyridine rings is 1. The molecule has 2 aromatic carbocycles. The number of thioether (sulfide) groups is 1. The number of carbonyl (C=O) groups is 1. The van der Waals surface area contributed by atoms with Gasteiger partial charge in [0, 0.05) is 12.4 Å². The number of thiocarbonyl (C=S) groups is 1. The molecule has 6 nitrogen and oxygen atoms in total. The number of anilines is 1. The average Bonchev–Trinajstić information content (AvgIpc) is 3.11. The maximum Gasteiger partial charge on any atom is 0.270 e. The molecule has 0 spiro atoms. The van der Waals surface area contributed by atoms with Crippen LogP contribution < -0.4 is 19.1 Å². The van der Waals surface area contributed by atoms with Crippen molar-refractivity contribution in [3.63, 3.8) is 0 Å². The first kappa shape index (κ1) is 23.3. The lowest BCUT2D eigenvalue weighted by atomic mass is 10.1. The Kier molecular flexibility index (Phi) is 7.32. The van der Waals surface area contributed by atoms with E-state index in [1.165, 1.54) is 16.7 Å². The van der Waals surface area contributed by atoms with Crippen LogP contribution in [-0.2, 0) is 11.4 Å². The van der Waals surface area contributed by atoms with Crippen molar-refractivity contribution in [2.24, 2.45) is 0 Å². The molecule has 9 heteroatoms. The molecule has 1 aliphatic heterocycles. The summed E-state index contributed by atoms with van der Waals surface area (Å²) in [6, 6.07) is 14.7. The minimum absolute atomic E-state index is 0.178. The minimum Gasteiger partial charge on any atom is -0.497 e. The summed E-state index contributed by atoms with van der Waals surface area (Å²) in [5.74, 6) is 1.67. The molecule has 4 rings (SSSR count). The van der Waals surface area contributed by atoms with E-state index in [2.05, 4.69) is 20.9 Å². The van der Waals surface area contributed by atoms with Crippen LogP contribution in [0.4, 0.5) is 5.69 Å². The van der Waals surface area contributed by atoms with Crippen molar-refractivity contribution in [1.82, 2.24) is 4.98 Å². The molecule has 1 aromatic heterocycles. The predicted octanol–water partition coefficient (Wildman–Crippen LogP) is 5.85. The molecule has 2 heterocycles. The highest BCUT2D eigenvalue weighted by Gasteiger charge is 2.33. The highest BCUT2D eigenvalue weighted by atomic mass is 79.9. The molecule has 1 saturated heterocycles. The topological polar surface area (TPSA) is 60.9 Å². The second kappa shape index (κ2) is 10.4. The van der Waals surface area contributed by atoms with Gasteiger partial charge < -0.3 is 14.2 Å². The van der Waals surface area contributed by atoms with E-state index < -0.39 is 0 Å². The smallest absolute Gasteiger partial charge is 0.270 e. The minimum atomic E-state index is -0.178. The van der Waals surface area contributed by atoms with Gasteiger partial charge in [0.2, 0.25) is 0 Å². The third-order valence-electron chi connectivity index (χ3n) is 4.81. The molecule has 0 radical (unpaired) electrons. The predicted molar refractivity (Wildman–Crippen MR) is 138 cm³/mol. The van der Waals surface area contributed by atoms with E-state index in [0.717, 1.165) is 11.1 Å². The molecule has 0 saturated carbocycles. The fourth-order valence-electron chi connectivity index (χ4n) is 3.17. The number of carbonyl (C=O) groups excluding carboxylic acids is 1. The number of ether oxygens (including phenoxy) is 3. The van der Waals surface area contributed by atoms with Gasteiger partial charge in [-0.25, -0.2) is 0 Å². The summed E-state index contributed by atoms with van der Waals surface area (Å²) < 4.78 is 17.9. The maximum atomic E-state index is 13.1. The number of nitrogens with zero attached hydrogens (tertiary/aromatic N) is 2. The van der Waals surface area contributed by atoms with Gasteiger partial charge in [0.1, 0.15) is 12.4 Å². The van der Waals surface area contributed by atoms with Gasteiger partial charge in [-0.05, 0) is 81.7 Å². The van der Waals surface area contributed by atoms with Crippen molar-refractivity contribution in [1.29, 1.82) is 0 Å². The molecular formula is C24H19BrN2O4S2. The highest BCUT2D eigenvalue weighted by Crippen LogP contribution is 2.40. The molecule has 0 bridgehead atoms. The van der Waals surface area contributed by atoms with Gasteiger partial charge in [0.25, 0.3) is 5.91 Å². The van der Waals surface area contributed by atoms with Crippen molar-refractivity contribution < 1.29 is 19.0 Å². The first-order valence-corrected chi connectivity index (χ1v) is 11.8. The second-order valence-electron chi connectivity index (χ2n) is 6.89. The van der Waals surface area contributed by atoms with Gasteiger partial charge in [0.15, 0.2) is 15.8 Å². The number of hydrogen-bond acceptors (Lipinski definition) is 7. The lowest BCUT2D eigenvalue weighted by molar-refractivity contribution is -0.113. The summed E-state index contributed by atoms with van der Waals surface area (Å²) in [5, 5.41) is 0. The summed E-state index contributed by atoms with van der Waals surface area (Å²) in [4.78, 5) is 19.1. The van der Waals surface area contributed by atoms with E-state index in [4.69, 9.17) is 26.4 Å². The summed E-state index contributed by atoms with van der Waals surface area (Å²) in [6.07, 6.45) is 5.23. The molecule has 33 heavy (non-hydrogen) atoms. The first-order valence-electron chi connectivity index (χ1n) is 9.81. The van der Waals surface area contributed by atoms with E-state index in [1.807, 2.05) is 24.3 Å². The number of benzene rings is 2. The molecule has 0 atom stereocenters. The van der Waals surface area contributed by atoms with Gasteiger partial charge in [-0.3, -0.25) is 14.7 Å². The molecule has 0 unspecified atom stereocenters. The number of halogens is 1. The first-order chi connectivity index (χ1) is 16.0. The number of aromatic nitrogens is 1. The van der Waals surface area contributed by atoms with Crippen molar-refractivity contribution in [3.05, 3.63) is 81.4 Å². The monoisotopic (exact) mass is 542 g/mol. The van der Waals surface area contributed by atoms with Gasteiger partial charge in [-0.2, -0.15) is 0 Å². The lowest BCUT2D eigenvalue weighted by Gasteiger charge is -2.15. The van der Waals surface area contributed by atoms with Crippen LogP contribution in [-0.4, -0.2) is 29.4 Å². The number of amides is 1. The van der Waals surface area contributed by atoms with E-state index in [-0.39, 0.29) is 5.91 Å². The third kappa shape index (κ3) is 5.21. The van der Waals surface area contributed by atoms with Crippen LogP contribution >= 0.6 is 39.9 Å². The van der Waals surface area contributed by atoms with Crippen LogP contribution in [0.15, 0.2) is 70.3 Å². The van der Waals surface area contributed by atoms with E-state index >= 15 is 0 Å². The van der Waals surface area contributed by atoms with Crippen molar-refractivity contribution in [2.45, 2.75) is 6.61 Å². The van der Waals surface area contributed by atoms with Crippen LogP contribution in [0.25, 0.3) is 6.08 Å². The van der Waals surface area contributed by atoms with E-state index in [1.54, 1.807) is 57.0 Å². The molecule has 1 amide bonds. The van der Waals surface area contributed by atoms with Crippen LogP contribution in [0.5, 0.6) is 17.2 Å². The van der Waals surface area contributed by atoms with E-state index in [9.17, 15) is 4.79 Å². The molecule has 168 valence electrons. The largest absolute Gasteiger partial charge is 0.497 e. The number of hydrogen-bond donors (Lipinski definition) is 0. The Morgan fingerprint density at radius 1 is 1.09 bits per heavy atom. The van der Waals surface area contributed by atoms with Crippen LogP contribution in [0.2, 0.25) is 0 Å². The Bertz CT molecular complexity index is 1220. The third-order valence-corrected chi connectivity index (χ3v) is 6.70. The number of rotatable bonds is 7. The fourth-order valence-corrected chi connectivity index (χ4v) is 5.04. The molecule has 0 N–H and O–H groups in total. The molecule has 1 fully saturated rings. The molecule has 1 aliphatic rings.